The smallest absolute Gasteiger partial charge is 0.313 e. The number of hydrogen-bond donors (Lipinski definition) is 1. The van der Waals surface area contributed by atoms with Crippen molar-refractivity contribution in [1.82, 2.24) is 0 Å². The first kappa shape index (κ1) is 11.2. The molecule has 1 N–H and O–H groups in total. The van der Waals surface area contributed by atoms with Crippen LogP contribution in [-0.4, -0.2) is 24.5 Å². The van der Waals surface area contributed by atoms with E-state index in [0.717, 1.165) is 5.56 Å². The minimum atomic E-state index is -0.410. The lowest BCUT2D eigenvalue weighted by Crippen LogP contribution is -2.14. The third kappa shape index (κ3) is 3.09. The first-order chi connectivity index (χ1) is 7.29. The fourth-order valence-corrected chi connectivity index (χ4v) is 1.35. The van der Waals surface area contributed by atoms with Gasteiger partial charge >= 0.3 is 5.97 Å². The van der Waals surface area contributed by atoms with Crippen LogP contribution in [0, 0.1) is 0 Å². The monoisotopic (exact) mass is 207 g/mol. The molecule has 0 aliphatic rings. The summed E-state index contributed by atoms with van der Waals surface area (Å²) in [6.07, 6.45) is 1.61. The number of carbonyl (C=O) groups is 1. The number of rotatable bonds is 4. The van der Waals surface area contributed by atoms with Crippen LogP contribution in [0.5, 0.6) is 0 Å². The van der Waals surface area contributed by atoms with E-state index in [1.54, 1.807) is 0 Å². The topological polar surface area (TPSA) is 58.9 Å². The summed E-state index contributed by atoms with van der Waals surface area (Å²) in [6, 6.07) is 9.25. The van der Waals surface area contributed by atoms with Crippen molar-refractivity contribution in [2.24, 2.45) is 5.16 Å². The molecule has 1 atom stereocenters. The van der Waals surface area contributed by atoms with Crippen molar-refractivity contribution < 1.29 is 14.7 Å². The van der Waals surface area contributed by atoms with Gasteiger partial charge in [0.1, 0.15) is 0 Å². The largest absolute Gasteiger partial charge is 0.469 e. The van der Waals surface area contributed by atoms with Gasteiger partial charge in [-0.1, -0.05) is 30.3 Å². The van der Waals surface area contributed by atoms with Crippen LogP contribution >= 0.6 is 0 Å². The number of oxime groups is 1. The molecule has 0 amide bonds. The Bertz CT molecular complexity index is 335. The van der Waals surface area contributed by atoms with Crippen molar-refractivity contribution in [3.8, 4) is 0 Å². The minimum absolute atomic E-state index is 0.327. The Morgan fingerprint density at radius 3 is 2.73 bits per heavy atom. The van der Waals surface area contributed by atoms with Crippen LogP contribution in [0.15, 0.2) is 35.5 Å². The fraction of sp³-hybridized carbons (Fsp3) is 0.273. The summed E-state index contributed by atoms with van der Waals surface area (Å²) in [4.78, 5) is 11.5. The molecule has 1 aromatic carbocycles. The second-order valence-corrected chi connectivity index (χ2v) is 3.02. The Hall–Kier alpha value is -1.84. The van der Waals surface area contributed by atoms with E-state index in [-0.39, 0.29) is 5.97 Å². The van der Waals surface area contributed by atoms with Gasteiger partial charge in [-0.3, -0.25) is 4.79 Å². The highest BCUT2D eigenvalue weighted by Crippen LogP contribution is 2.19. The summed E-state index contributed by atoms with van der Waals surface area (Å²) in [5, 5.41) is 11.2. The molecule has 4 nitrogen and oxygen atoms in total. The number of esters is 1. The molecule has 0 aromatic heterocycles. The quantitative estimate of drug-likeness (QED) is 0.354. The lowest BCUT2D eigenvalue weighted by Gasteiger charge is -2.11. The standard InChI is InChI=1S/C11H13NO3/c1-15-11(13)10(7-8-12-14)9-5-3-2-4-6-9/h2-6,8,10,14H,7H2,1H3/b12-8+. The molecule has 0 saturated heterocycles. The van der Waals surface area contributed by atoms with E-state index in [1.165, 1.54) is 13.3 Å². The van der Waals surface area contributed by atoms with Gasteiger partial charge in [-0.05, 0) is 5.56 Å². The maximum absolute atomic E-state index is 11.5. The molecule has 0 aliphatic heterocycles. The third-order valence-electron chi connectivity index (χ3n) is 2.11. The van der Waals surface area contributed by atoms with Gasteiger partial charge in [0.2, 0.25) is 0 Å². The van der Waals surface area contributed by atoms with Gasteiger partial charge in [-0.15, -0.1) is 5.16 Å². The van der Waals surface area contributed by atoms with Crippen LogP contribution in [-0.2, 0) is 9.53 Å². The highest BCUT2D eigenvalue weighted by atomic mass is 16.5. The normalized spacial score (nSPS) is 12.6. The van der Waals surface area contributed by atoms with Crippen LogP contribution in [0.1, 0.15) is 17.9 Å². The number of hydrogen-bond acceptors (Lipinski definition) is 4. The number of ether oxygens (including phenoxy) is 1. The van der Waals surface area contributed by atoms with Crippen LogP contribution in [0.25, 0.3) is 0 Å². The lowest BCUT2D eigenvalue weighted by atomic mass is 9.96. The zero-order valence-corrected chi connectivity index (χ0v) is 8.46. The average molecular weight is 207 g/mol. The molecule has 1 rings (SSSR count). The van der Waals surface area contributed by atoms with E-state index in [4.69, 9.17) is 5.21 Å². The summed E-state index contributed by atoms with van der Waals surface area (Å²) >= 11 is 0. The molecule has 80 valence electrons. The molecular formula is C11H13NO3. The van der Waals surface area contributed by atoms with Crippen molar-refractivity contribution >= 4 is 12.2 Å². The van der Waals surface area contributed by atoms with Crippen LogP contribution < -0.4 is 0 Å². The zero-order chi connectivity index (χ0) is 11.1. The molecule has 15 heavy (non-hydrogen) atoms. The SMILES string of the molecule is COC(=O)C(C/C=N/O)c1ccccc1. The second kappa shape index (κ2) is 5.80. The zero-order valence-electron chi connectivity index (χ0n) is 8.46. The predicted molar refractivity (Wildman–Crippen MR) is 56.1 cm³/mol. The molecule has 0 spiro atoms. The van der Waals surface area contributed by atoms with Gasteiger partial charge in [0.25, 0.3) is 0 Å². The fourth-order valence-electron chi connectivity index (χ4n) is 1.35. The van der Waals surface area contributed by atoms with Crippen molar-refractivity contribution in [2.45, 2.75) is 12.3 Å². The molecule has 0 saturated carbocycles. The number of nitrogens with zero attached hydrogens (tertiary/aromatic N) is 1. The summed E-state index contributed by atoms with van der Waals surface area (Å²) in [5.74, 6) is -0.742. The van der Waals surface area contributed by atoms with E-state index in [1.807, 2.05) is 30.3 Å². The van der Waals surface area contributed by atoms with Gasteiger partial charge in [-0.25, -0.2) is 0 Å². The van der Waals surface area contributed by atoms with Crippen molar-refractivity contribution in [3.05, 3.63) is 35.9 Å². The Labute approximate surface area is 88.2 Å². The van der Waals surface area contributed by atoms with Gasteiger partial charge in [0.15, 0.2) is 0 Å². The van der Waals surface area contributed by atoms with Crippen LogP contribution in [0.4, 0.5) is 0 Å². The van der Waals surface area contributed by atoms with E-state index in [9.17, 15) is 4.79 Å². The Kier molecular flexibility index (Phi) is 4.34. The summed E-state index contributed by atoms with van der Waals surface area (Å²) in [5.41, 5.74) is 0.851. The first-order valence-corrected chi connectivity index (χ1v) is 4.58. The van der Waals surface area contributed by atoms with Gasteiger partial charge < -0.3 is 9.94 Å². The summed E-state index contributed by atoms with van der Waals surface area (Å²) < 4.78 is 4.68. The third-order valence-corrected chi connectivity index (χ3v) is 2.11. The highest BCUT2D eigenvalue weighted by Gasteiger charge is 2.19. The Morgan fingerprint density at radius 2 is 2.20 bits per heavy atom. The molecule has 0 aliphatic carbocycles. The Morgan fingerprint density at radius 1 is 1.53 bits per heavy atom. The summed E-state index contributed by atoms with van der Waals surface area (Å²) in [6.45, 7) is 0. The molecular weight excluding hydrogens is 194 g/mol. The molecule has 4 heteroatoms. The highest BCUT2D eigenvalue weighted by molar-refractivity contribution is 5.81. The number of benzene rings is 1. The van der Waals surface area contributed by atoms with E-state index in [2.05, 4.69) is 9.89 Å². The Balaban J connectivity index is 2.86. The predicted octanol–water partition coefficient (Wildman–Crippen LogP) is 1.79. The summed E-state index contributed by atoms with van der Waals surface area (Å²) in [7, 11) is 1.34. The van der Waals surface area contributed by atoms with E-state index in [0.29, 0.717) is 6.42 Å². The second-order valence-electron chi connectivity index (χ2n) is 3.02. The van der Waals surface area contributed by atoms with Crippen molar-refractivity contribution in [3.63, 3.8) is 0 Å². The van der Waals surface area contributed by atoms with Crippen molar-refractivity contribution in [1.29, 1.82) is 0 Å². The molecule has 1 aromatic rings. The maximum Gasteiger partial charge on any atom is 0.313 e. The van der Waals surface area contributed by atoms with Crippen LogP contribution in [0.3, 0.4) is 0 Å². The average Bonchev–Trinajstić information content (AvgIpc) is 2.30. The molecule has 0 bridgehead atoms. The van der Waals surface area contributed by atoms with E-state index >= 15 is 0 Å². The number of methoxy groups -OCH3 is 1. The molecule has 0 fully saturated rings. The van der Waals surface area contributed by atoms with Gasteiger partial charge in [0, 0.05) is 12.6 Å². The lowest BCUT2D eigenvalue weighted by molar-refractivity contribution is -0.142. The number of carbonyl (C=O) groups excluding carboxylic acids is 1. The first-order valence-electron chi connectivity index (χ1n) is 4.58. The molecule has 0 heterocycles. The van der Waals surface area contributed by atoms with Crippen molar-refractivity contribution in [2.75, 3.05) is 7.11 Å². The van der Waals surface area contributed by atoms with Crippen LogP contribution in [0.2, 0.25) is 0 Å². The van der Waals surface area contributed by atoms with E-state index < -0.39 is 5.92 Å². The van der Waals surface area contributed by atoms with Gasteiger partial charge in [-0.2, -0.15) is 0 Å². The molecule has 1 unspecified atom stereocenters. The minimum Gasteiger partial charge on any atom is -0.469 e. The van der Waals surface area contributed by atoms with Gasteiger partial charge in [0.05, 0.1) is 13.0 Å². The molecule has 0 radical (unpaired) electrons. The maximum atomic E-state index is 11.5.